The Kier molecular flexibility index (Phi) is 6.54. The van der Waals surface area contributed by atoms with Gasteiger partial charge in [0.15, 0.2) is 0 Å². The van der Waals surface area contributed by atoms with E-state index in [4.69, 9.17) is 4.74 Å². The first-order chi connectivity index (χ1) is 6.50. The number of hydrogen-bond donors (Lipinski definition) is 0. The third kappa shape index (κ3) is 4.61. The van der Waals surface area contributed by atoms with Crippen molar-refractivity contribution >= 4 is 6.47 Å². The van der Waals surface area contributed by atoms with Gasteiger partial charge in [-0.2, -0.15) is 0 Å². The summed E-state index contributed by atoms with van der Waals surface area (Å²) in [4.78, 5) is 12.4. The molecule has 0 aliphatic heterocycles. The van der Waals surface area contributed by atoms with Gasteiger partial charge in [0.2, 0.25) is 0 Å². The van der Waals surface area contributed by atoms with Crippen molar-refractivity contribution in [3.8, 4) is 0 Å². The van der Waals surface area contributed by atoms with E-state index in [1.165, 1.54) is 0 Å². The molecule has 3 heteroatoms. The Morgan fingerprint density at radius 1 is 1.14 bits per heavy atom. The Balaban J connectivity index is 4.01. The van der Waals surface area contributed by atoms with Crippen LogP contribution in [0, 0.1) is 0 Å². The molecule has 0 amide bonds. The summed E-state index contributed by atoms with van der Waals surface area (Å²) in [7, 11) is 0. The van der Waals surface area contributed by atoms with Crippen LogP contribution in [0.25, 0.3) is 0 Å². The molecule has 84 valence electrons. The Labute approximate surface area is 87.4 Å². The first-order valence-electron chi connectivity index (χ1n) is 5.33. The van der Waals surface area contributed by atoms with Gasteiger partial charge in [0, 0.05) is 18.1 Å². The monoisotopic (exact) mass is 201 g/mol. The standard InChI is InChI=1S/C11H23NO2/c1-9(2)12(10(3)4)11(5)6-7-14-8-13/h8-11H,6-7H2,1-5H3. The smallest absolute Gasteiger partial charge is 0.293 e. The van der Waals surface area contributed by atoms with Crippen molar-refractivity contribution < 1.29 is 9.53 Å². The second-order valence-corrected chi connectivity index (χ2v) is 4.24. The van der Waals surface area contributed by atoms with Gasteiger partial charge < -0.3 is 4.74 Å². The van der Waals surface area contributed by atoms with E-state index in [1.54, 1.807) is 0 Å². The summed E-state index contributed by atoms with van der Waals surface area (Å²) in [6.07, 6.45) is 0.898. The molecule has 0 aromatic rings. The Bertz CT molecular complexity index is 149. The number of carbonyl (C=O) groups excluding carboxylic acids is 1. The van der Waals surface area contributed by atoms with Crippen LogP contribution in [-0.4, -0.2) is 36.1 Å². The van der Waals surface area contributed by atoms with Gasteiger partial charge in [-0.05, 0) is 41.0 Å². The lowest BCUT2D eigenvalue weighted by molar-refractivity contribution is -0.129. The van der Waals surface area contributed by atoms with Crippen LogP contribution in [0.5, 0.6) is 0 Å². The fourth-order valence-electron chi connectivity index (χ4n) is 2.05. The van der Waals surface area contributed by atoms with E-state index >= 15 is 0 Å². The van der Waals surface area contributed by atoms with Gasteiger partial charge >= 0.3 is 0 Å². The summed E-state index contributed by atoms with van der Waals surface area (Å²) in [6, 6.07) is 1.51. The SMILES string of the molecule is CC(C)N(C(C)C)C(C)CCOC=O. The molecule has 0 spiro atoms. The lowest BCUT2D eigenvalue weighted by Gasteiger charge is -2.36. The maximum atomic E-state index is 9.99. The van der Waals surface area contributed by atoms with Crippen LogP contribution >= 0.6 is 0 Å². The second-order valence-electron chi connectivity index (χ2n) is 4.24. The molecule has 0 rings (SSSR count). The summed E-state index contributed by atoms with van der Waals surface area (Å²) in [5, 5.41) is 0. The molecule has 14 heavy (non-hydrogen) atoms. The van der Waals surface area contributed by atoms with Crippen LogP contribution in [0.15, 0.2) is 0 Å². The molecule has 0 N–H and O–H groups in total. The summed E-state index contributed by atoms with van der Waals surface area (Å²) in [5.74, 6) is 0. The zero-order valence-electron chi connectivity index (χ0n) is 9.99. The molecular weight excluding hydrogens is 178 g/mol. The molecule has 0 saturated carbocycles. The van der Waals surface area contributed by atoms with Crippen molar-refractivity contribution in [3.05, 3.63) is 0 Å². The van der Waals surface area contributed by atoms with E-state index in [0.717, 1.165) is 6.42 Å². The molecule has 1 atom stereocenters. The number of carbonyl (C=O) groups is 1. The van der Waals surface area contributed by atoms with Crippen LogP contribution in [0.1, 0.15) is 41.0 Å². The van der Waals surface area contributed by atoms with Gasteiger partial charge in [0.1, 0.15) is 0 Å². The molecule has 0 aromatic carbocycles. The van der Waals surface area contributed by atoms with Crippen molar-refractivity contribution in [1.82, 2.24) is 4.90 Å². The van der Waals surface area contributed by atoms with Crippen LogP contribution in [0.2, 0.25) is 0 Å². The number of nitrogens with zero attached hydrogens (tertiary/aromatic N) is 1. The second kappa shape index (κ2) is 6.82. The van der Waals surface area contributed by atoms with Crippen molar-refractivity contribution in [2.45, 2.75) is 59.2 Å². The van der Waals surface area contributed by atoms with Gasteiger partial charge in [0.05, 0.1) is 6.61 Å². The summed E-state index contributed by atoms with van der Waals surface area (Å²) in [5.41, 5.74) is 0. The molecule has 0 aliphatic rings. The lowest BCUT2D eigenvalue weighted by Crippen LogP contribution is -2.44. The van der Waals surface area contributed by atoms with Gasteiger partial charge in [0.25, 0.3) is 6.47 Å². The molecule has 0 heterocycles. The van der Waals surface area contributed by atoms with Crippen LogP contribution in [0.3, 0.4) is 0 Å². The van der Waals surface area contributed by atoms with E-state index in [0.29, 0.717) is 31.2 Å². The van der Waals surface area contributed by atoms with Crippen molar-refractivity contribution in [2.75, 3.05) is 6.61 Å². The average Bonchev–Trinajstić information content (AvgIpc) is 2.03. The maximum absolute atomic E-state index is 9.99. The number of ether oxygens (including phenoxy) is 1. The van der Waals surface area contributed by atoms with Gasteiger partial charge in [-0.3, -0.25) is 9.69 Å². The first kappa shape index (κ1) is 13.4. The molecule has 1 unspecified atom stereocenters. The predicted molar refractivity (Wildman–Crippen MR) is 58.2 cm³/mol. The molecule has 0 fully saturated rings. The minimum absolute atomic E-state index is 0.454. The highest BCUT2D eigenvalue weighted by Crippen LogP contribution is 2.12. The highest BCUT2D eigenvalue weighted by molar-refractivity contribution is 5.36. The summed E-state index contributed by atoms with van der Waals surface area (Å²) in [6.45, 7) is 12.0. The molecule has 0 aliphatic carbocycles. The maximum Gasteiger partial charge on any atom is 0.293 e. The fraction of sp³-hybridized carbons (Fsp3) is 0.909. The van der Waals surface area contributed by atoms with E-state index in [9.17, 15) is 4.79 Å². The Morgan fingerprint density at radius 2 is 1.64 bits per heavy atom. The Hall–Kier alpha value is -0.570. The van der Waals surface area contributed by atoms with Crippen LogP contribution in [-0.2, 0) is 9.53 Å². The van der Waals surface area contributed by atoms with Gasteiger partial charge in [-0.25, -0.2) is 0 Å². The van der Waals surface area contributed by atoms with E-state index in [2.05, 4.69) is 39.5 Å². The number of rotatable bonds is 7. The summed E-state index contributed by atoms with van der Waals surface area (Å²) < 4.78 is 4.71. The highest BCUT2D eigenvalue weighted by Gasteiger charge is 2.19. The normalized spacial score (nSPS) is 13.7. The minimum atomic E-state index is 0.454. The zero-order chi connectivity index (χ0) is 11.1. The molecule has 0 aromatic heterocycles. The topological polar surface area (TPSA) is 29.5 Å². The lowest BCUT2D eigenvalue weighted by atomic mass is 10.1. The van der Waals surface area contributed by atoms with E-state index in [-0.39, 0.29) is 0 Å². The molecule has 3 nitrogen and oxygen atoms in total. The van der Waals surface area contributed by atoms with E-state index in [1.807, 2.05) is 0 Å². The molecular formula is C11H23NO2. The number of hydrogen-bond acceptors (Lipinski definition) is 3. The fourth-order valence-corrected chi connectivity index (χ4v) is 2.05. The average molecular weight is 201 g/mol. The molecule has 0 bridgehead atoms. The third-order valence-corrected chi connectivity index (χ3v) is 2.42. The zero-order valence-corrected chi connectivity index (χ0v) is 9.99. The largest absolute Gasteiger partial charge is 0.468 e. The molecule has 0 radical (unpaired) electrons. The van der Waals surface area contributed by atoms with Gasteiger partial charge in [-0.1, -0.05) is 0 Å². The van der Waals surface area contributed by atoms with Crippen molar-refractivity contribution in [3.63, 3.8) is 0 Å². The first-order valence-corrected chi connectivity index (χ1v) is 5.33. The Morgan fingerprint density at radius 3 is 2.00 bits per heavy atom. The van der Waals surface area contributed by atoms with Crippen molar-refractivity contribution in [1.29, 1.82) is 0 Å². The predicted octanol–water partition coefficient (Wildman–Crippen LogP) is 2.06. The van der Waals surface area contributed by atoms with Gasteiger partial charge in [-0.15, -0.1) is 0 Å². The highest BCUT2D eigenvalue weighted by atomic mass is 16.5. The van der Waals surface area contributed by atoms with Crippen molar-refractivity contribution in [2.24, 2.45) is 0 Å². The van der Waals surface area contributed by atoms with E-state index < -0.39 is 0 Å². The minimum Gasteiger partial charge on any atom is -0.468 e. The quantitative estimate of drug-likeness (QED) is 0.466. The molecule has 0 saturated heterocycles. The third-order valence-electron chi connectivity index (χ3n) is 2.42. The van der Waals surface area contributed by atoms with Crippen LogP contribution < -0.4 is 0 Å². The summed E-state index contributed by atoms with van der Waals surface area (Å²) >= 11 is 0. The van der Waals surface area contributed by atoms with Crippen LogP contribution in [0.4, 0.5) is 0 Å².